The maximum Gasteiger partial charge on any atom is 0.163 e. The summed E-state index contributed by atoms with van der Waals surface area (Å²) in [6.45, 7) is 1.50. The molecular weight excluding hydrogens is 381 g/mol. The van der Waals surface area contributed by atoms with Crippen molar-refractivity contribution in [3.05, 3.63) is 56.8 Å². The minimum atomic E-state index is -0.930. The second-order valence-corrected chi connectivity index (χ2v) is 6.72. The minimum Gasteiger partial charge on any atom is -0.482 e. The average molecular weight is 394 g/mol. The molecule has 0 amide bonds. The van der Waals surface area contributed by atoms with Gasteiger partial charge in [0.1, 0.15) is 27.8 Å². The average Bonchev–Trinajstić information content (AvgIpc) is 3.07. The van der Waals surface area contributed by atoms with E-state index in [-0.39, 0.29) is 21.7 Å². The molecule has 24 heavy (non-hydrogen) atoms. The van der Waals surface area contributed by atoms with Gasteiger partial charge in [-0.05, 0) is 19.0 Å². The van der Waals surface area contributed by atoms with Crippen LogP contribution in [0.3, 0.4) is 0 Å². The molecule has 2 aromatic rings. The van der Waals surface area contributed by atoms with E-state index in [0.29, 0.717) is 23.2 Å². The van der Waals surface area contributed by atoms with Crippen molar-refractivity contribution < 1.29 is 13.5 Å². The number of rotatable bonds is 4. The molecule has 1 fully saturated rings. The van der Waals surface area contributed by atoms with Crippen LogP contribution >= 0.6 is 34.8 Å². The highest BCUT2D eigenvalue weighted by Gasteiger charge is 2.31. The summed E-state index contributed by atoms with van der Waals surface area (Å²) < 4.78 is 33.4. The van der Waals surface area contributed by atoms with Gasteiger partial charge in [0.05, 0.1) is 5.02 Å². The molecule has 0 radical (unpaired) electrons. The molecule has 0 aliphatic carbocycles. The summed E-state index contributed by atoms with van der Waals surface area (Å²) in [5, 5.41) is 2.96. The normalized spacial score (nSPS) is 18.6. The summed E-state index contributed by atoms with van der Waals surface area (Å²) in [7, 11) is 0. The van der Waals surface area contributed by atoms with Crippen LogP contribution in [0.4, 0.5) is 8.78 Å². The zero-order valence-electron chi connectivity index (χ0n) is 12.3. The van der Waals surface area contributed by atoms with Crippen molar-refractivity contribution in [2.24, 2.45) is 5.92 Å². The number of ether oxygens (including phenoxy) is 1. The van der Waals surface area contributed by atoms with E-state index in [1.54, 1.807) is 12.3 Å². The number of nitrogens with one attached hydrogen (secondary N) is 1. The van der Waals surface area contributed by atoms with Crippen molar-refractivity contribution in [3.63, 3.8) is 0 Å². The van der Waals surface area contributed by atoms with Gasteiger partial charge in [0.2, 0.25) is 0 Å². The van der Waals surface area contributed by atoms with Crippen molar-refractivity contribution in [2.75, 3.05) is 13.1 Å². The lowest BCUT2D eigenvalue weighted by Crippen LogP contribution is -2.22. The Kier molecular flexibility index (Phi) is 5.45. The second-order valence-electron chi connectivity index (χ2n) is 5.53. The SMILES string of the molecule is Fc1cc(F)c(Cl)c(O[C@H](c2cncc(Cl)c2)C2CCNC2)c1Cl. The van der Waals surface area contributed by atoms with Crippen molar-refractivity contribution in [2.45, 2.75) is 12.5 Å². The van der Waals surface area contributed by atoms with E-state index in [1.165, 1.54) is 6.20 Å². The third-order valence-electron chi connectivity index (χ3n) is 3.90. The molecule has 0 bridgehead atoms. The molecule has 1 saturated heterocycles. The summed E-state index contributed by atoms with van der Waals surface area (Å²) in [5.74, 6) is -2.02. The van der Waals surface area contributed by atoms with E-state index >= 15 is 0 Å². The van der Waals surface area contributed by atoms with Gasteiger partial charge in [-0.15, -0.1) is 0 Å². The van der Waals surface area contributed by atoms with E-state index in [0.717, 1.165) is 13.0 Å². The Morgan fingerprint density at radius 2 is 1.83 bits per heavy atom. The lowest BCUT2D eigenvalue weighted by molar-refractivity contribution is 0.143. The van der Waals surface area contributed by atoms with Crippen LogP contribution in [0.5, 0.6) is 5.75 Å². The Labute approximate surface area is 152 Å². The van der Waals surface area contributed by atoms with Gasteiger partial charge in [0.25, 0.3) is 0 Å². The summed E-state index contributed by atoms with van der Waals surface area (Å²) in [5.41, 5.74) is 0.688. The van der Waals surface area contributed by atoms with E-state index in [2.05, 4.69) is 10.3 Å². The van der Waals surface area contributed by atoms with Gasteiger partial charge in [-0.3, -0.25) is 4.98 Å². The zero-order valence-corrected chi connectivity index (χ0v) is 14.6. The molecule has 1 aliphatic heterocycles. The summed E-state index contributed by atoms with van der Waals surface area (Å²) in [6, 6.07) is 2.33. The largest absolute Gasteiger partial charge is 0.482 e. The molecule has 2 heterocycles. The van der Waals surface area contributed by atoms with Gasteiger partial charge < -0.3 is 10.1 Å². The fourth-order valence-electron chi connectivity index (χ4n) is 2.74. The topological polar surface area (TPSA) is 34.1 Å². The van der Waals surface area contributed by atoms with Crippen LogP contribution < -0.4 is 10.1 Å². The van der Waals surface area contributed by atoms with Crippen molar-refractivity contribution >= 4 is 34.8 Å². The van der Waals surface area contributed by atoms with Crippen LogP contribution in [0.15, 0.2) is 24.5 Å². The first-order chi connectivity index (χ1) is 11.5. The number of pyridine rings is 1. The Morgan fingerprint density at radius 1 is 1.12 bits per heavy atom. The van der Waals surface area contributed by atoms with Crippen LogP contribution in [0.1, 0.15) is 18.1 Å². The van der Waals surface area contributed by atoms with Crippen molar-refractivity contribution in [3.8, 4) is 5.75 Å². The molecule has 0 saturated carbocycles. The first-order valence-electron chi connectivity index (χ1n) is 7.28. The monoisotopic (exact) mass is 392 g/mol. The summed E-state index contributed by atoms with van der Waals surface area (Å²) in [6.07, 6.45) is 3.38. The van der Waals surface area contributed by atoms with Gasteiger partial charge in [0.15, 0.2) is 5.75 Å². The quantitative estimate of drug-likeness (QED) is 0.738. The molecule has 128 valence electrons. The first-order valence-corrected chi connectivity index (χ1v) is 8.41. The third-order valence-corrected chi connectivity index (χ3v) is 4.81. The number of benzene rings is 1. The van der Waals surface area contributed by atoms with E-state index in [4.69, 9.17) is 39.5 Å². The molecule has 8 heteroatoms. The molecule has 2 atom stereocenters. The highest BCUT2D eigenvalue weighted by atomic mass is 35.5. The van der Waals surface area contributed by atoms with Crippen LogP contribution in [0.2, 0.25) is 15.1 Å². The van der Waals surface area contributed by atoms with E-state index in [1.807, 2.05) is 0 Å². The Balaban J connectivity index is 2.02. The molecule has 0 spiro atoms. The van der Waals surface area contributed by atoms with Crippen molar-refractivity contribution in [1.29, 1.82) is 0 Å². The van der Waals surface area contributed by atoms with Crippen LogP contribution in [-0.2, 0) is 0 Å². The van der Waals surface area contributed by atoms with Gasteiger partial charge in [-0.2, -0.15) is 0 Å². The number of halogens is 5. The van der Waals surface area contributed by atoms with Gasteiger partial charge in [0, 0.05) is 36.5 Å². The molecule has 3 rings (SSSR count). The lowest BCUT2D eigenvalue weighted by Gasteiger charge is -2.26. The minimum absolute atomic E-state index is 0.0590. The Hall–Kier alpha value is -1.14. The van der Waals surface area contributed by atoms with Gasteiger partial charge in [-0.25, -0.2) is 8.78 Å². The summed E-state index contributed by atoms with van der Waals surface area (Å²) in [4.78, 5) is 4.05. The predicted molar refractivity (Wildman–Crippen MR) is 90.0 cm³/mol. The third kappa shape index (κ3) is 3.59. The second kappa shape index (κ2) is 7.40. The van der Waals surface area contributed by atoms with Crippen LogP contribution in [-0.4, -0.2) is 18.1 Å². The lowest BCUT2D eigenvalue weighted by atomic mass is 9.96. The van der Waals surface area contributed by atoms with Gasteiger partial charge >= 0.3 is 0 Å². The summed E-state index contributed by atoms with van der Waals surface area (Å²) >= 11 is 17.9. The Bertz CT molecular complexity index is 728. The number of nitrogens with zero attached hydrogens (tertiary/aromatic N) is 1. The maximum atomic E-state index is 13.8. The molecule has 1 aromatic heterocycles. The molecule has 1 aromatic carbocycles. The predicted octanol–water partition coefficient (Wildman–Crippen LogP) is 5.05. The highest BCUT2D eigenvalue weighted by molar-refractivity contribution is 6.37. The van der Waals surface area contributed by atoms with Crippen LogP contribution in [0.25, 0.3) is 0 Å². The van der Waals surface area contributed by atoms with Gasteiger partial charge in [-0.1, -0.05) is 34.8 Å². The van der Waals surface area contributed by atoms with Crippen LogP contribution in [0, 0.1) is 17.6 Å². The zero-order chi connectivity index (χ0) is 17.3. The maximum absolute atomic E-state index is 13.8. The Morgan fingerprint density at radius 3 is 2.42 bits per heavy atom. The van der Waals surface area contributed by atoms with Crippen molar-refractivity contribution in [1.82, 2.24) is 10.3 Å². The highest BCUT2D eigenvalue weighted by Crippen LogP contribution is 2.42. The molecular formula is C16H13Cl3F2N2O. The first kappa shape index (κ1) is 17.7. The molecule has 1 N–H and O–H groups in total. The van der Waals surface area contributed by atoms with E-state index in [9.17, 15) is 8.78 Å². The number of aromatic nitrogens is 1. The molecule has 1 unspecified atom stereocenters. The fourth-order valence-corrected chi connectivity index (χ4v) is 3.36. The standard InChI is InChI=1S/C16H13Cl3F2N2O/c17-10-3-9(6-23-7-10)15(8-1-2-22-5-8)24-16-13(18)11(20)4-12(21)14(16)19/h3-4,6-8,15,22H,1-2,5H2/t8?,15-/m0/s1. The number of hydrogen-bond acceptors (Lipinski definition) is 3. The molecule has 1 aliphatic rings. The fraction of sp³-hybridized carbons (Fsp3) is 0.312. The van der Waals surface area contributed by atoms with E-state index < -0.39 is 17.7 Å². The number of hydrogen-bond donors (Lipinski definition) is 1. The molecule has 3 nitrogen and oxygen atoms in total. The smallest absolute Gasteiger partial charge is 0.163 e.